The van der Waals surface area contributed by atoms with E-state index in [1.54, 1.807) is 0 Å². The van der Waals surface area contributed by atoms with Crippen LogP contribution in [-0.2, 0) is 18.4 Å². The number of aromatic nitrogens is 2. The standard InChI is InChI=1S/C14H18N2O2/c1-16-13-3-2-10(9-17)8-12(13)15-14(16)11-4-6-18-7-5-11/h2-3,8,11,17H,4-7,9H2,1H3. The molecule has 1 saturated heterocycles. The molecule has 0 amide bonds. The Morgan fingerprint density at radius 1 is 1.39 bits per heavy atom. The molecule has 1 fully saturated rings. The number of hydrogen-bond donors (Lipinski definition) is 1. The van der Waals surface area contributed by atoms with Crippen molar-refractivity contribution in [2.75, 3.05) is 13.2 Å². The van der Waals surface area contributed by atoms with Gasteiger partial charge in [0.25, 0.3) is 0 Å². The van der Waals surface area contributed by atoms with Gasteiger partial charge in [0.15, 0.2) is 0 Å². The first-order valence-corrected chi connectivity index (χ1v) is 6.43. The molecule has 1 aromatic heterocycles. The van der Waals surface area contributed by atoms with Gasteiger partial charge in [0, 0.05) is 26.2 Å². The summed E-state index contributed by atoms with van der Waals surface area (Å²) in [6, 6.07) is 5.96. The van der Waals surface area contributed by atoms with Crippen LogP contribution in [-0.4, -0.2) is 27.9 Å². The summed E-state index contributed by atoms with van der Waals surface area (Å²) in [5, 5.41) is 9.17. The molecule has 1 N–H and O–H groups in total. The summed E-state index contributed by atoms with van der Waals surface area (Å²) < 4.78 is 7.57. The van der Waals surface area contributed by atoms with Crippen LogP contribution in [0.4, 0.5) is 0 Å². The minimum Gasteiger partial charge on any atom is -0.392 e. The van der Waals surface area contributed by atoms with Crippen LogP contribution in [0, 0.1) is 0 Å². The number of fused-ring (bicyclic) bond motifs is 1. The summed E-state index contributed by atoms with van der Waals surface area (Å²) in [5.74, 6) is 1.64. The maximum absolute atomic E-state index is 9.17. The van der Waals surface area contributed by atoms with Gasteiger partial charge >= 0.3 is 0 Å². The summed E-state index contributed by atoms with van der Waals surface area (Å²) >= 11 is 0. The van der Waals surface area contributed by atoms with Gasteiger partial charge in [-0.25, -0.2) is 4.98 Å². The largest absolute Gasteiger partial charge is 0.392 e. The van der Waals surface area contributed by atoms with Crippen LogP contribution < -0.4 is 0 Å². The van der Waals surface area contributed by atoms with Gasteiger partial charge in [-0.2, -0.15) is 0 Å². The molecule has 0 radical (unpaired) electrons. The number of rotatable bonds is 2. The molecule has 1 aliphatic rings. The molecule has 0 bridgehead atoms. The molecule has 4 heteroatoms. The Morgan fingerprint density at radius 2 is 2.17 bits per heavy atom. The van der Waals surface area contributed by atoms with E-state index in [2.05, 4.69) is 11.6 Å². The molecule has 1 aromatic carbocycles. The second kappa shape index (κ2) is 4.71. The maximum atomic E-state index is 9.17. The first-order chi connectivity index (χ1) is 8.79. The van der Waals surface area contributed by atoms with Gasteiger partial charge in [-0.05, 0) is 30.5 Å². The summed E-state index contributed by atoms with van der Waals surface area (Å²) in [7, 11) is 2.07. The quantitative estimate of drug-likeness (QED) is 0.881. The van der Waals surface area contributed by atoms with Gasteiger partial charge in [-0.15, -0.1) is 0 Å². The number of imidazole rings is 1. The molecule has 2 heterocycles. The Balaban J connectivity index is 2.04. The summed E-state index contributed by atoms with van der Waals surface area (Å²) in [6.07, 6.45) is 2.09. The smallest absolute Gasteiger partial charge is 0.112 e. The highest BCUT2D eigenvalue weighted by Crippen LogP contribution is 2.28. The number of hydrogen-bond acceptors (Lipinski definition) is 3. The molecule has 96 valence electrons. The molecule has 0 spiro atoms. The van der Waals surface area contributed by atoms with Crippen LogP contribution >= 0.6 is 0 Å². The fourth-order valence-corrected chi connectivity index (χ4v) is 2.68. The fourth-order valence-electron chi connectivity index (χ4n) is 2.68. The highest BCUT2D eigenvalue weighted by Gasteiger charge is 2.21. The Kier molecular flexibility index (Phi) is 3.06. The molecular weight excluding hydrogens is 228 g/mol. The van der Waals surface area contributed by atoms with Crippen LogP contribution in [0.2, 0.25) is 0 Å². The SMILES string of the molecule is Cn1c(C2CCOCC2)nc2cc(CO)ccc21. The van der Waals surface area contributed by atoms with E-state index >= 15 is 0 Å². The van der Waals surface area contributed by atoms with Crippen molar-refractivity contribution in [1.29, 1.82) is 0 Å². The van der Waals surface area contributed by atoms with Crippen molar-refractivity contribution in [1.82, 2.24) is 9.55 Å². The lowest BCUT2D eigenvalue weighted by atomic mass is 9.99. The van der Waals surface area contributed by atoms with Crippen LogP contribution in [0.1, 0.15) is 30.1 Å². The Morgan fingerprint density at radius 3 is 2.89 bits per heavy atom. The van der Waals surface area contributed by atoms with Crippen LogP contribution in [0.3, 0.4) is 0 Å². The lowest BCUT2D eigenvalue weighted by molar-refractivity contribution is 0.0831. The van der Waals surface area contributed by atoms with Crippen molar-refractivity contribution in [2.45, 2.75) is 25.4 Å². The summed E-state index contributed by atoms with van der Waals surface area (Å²) in [4.78, 5) is 4.74. The second-order valence-electron chi connectivity index (χ2n) is 4.90. The highest BCUT2D eigenvalue weighted by molar-refractivity contribution is 5.77. The molecule has 2 aromatic rings. The van der Waals surface area contributed by atoms with E-state index in [1.807, 2.05) is 18.2 Å². The Hall–Kier alpha value is -1.39. The summed E-state index contributed by atoms with van der Waals surface area (Å²) in [5.41, 5.74) is 3.03. The van der Waals surface area contributed by atoms with E-state index in [4.69, 9.17) is 9.72 Å². The fraction of sp³-hybridized carbons (Fsp3) is 0.500. The number of aliphatic hydroxyl groups excluding tert-OH is 1. The Bertz CT molecular complexity index is 556. The predicted molar refractivity (Wildman–Crippen MR) is 69.4 cm³/mol. The lowest BCUT2D eigenvalue weighted by Gasteiger charge is -2.21. The average molecular weight is 246 g/mol. The first-order valence-electron chi connectivity index (χ1n) is 6.43. The predicted octanol–water partition coefficient (Wildman–Crippen LogP) is 1.96. The van der Waals surface area contributed by atoms with E-state index < -0.39 is 0 Å². The monoisotopic (exact) mass is 246 g/mol. The number of ether oxygens (including phenoxy) is 1. The van der Waals surface area contributed by atoms with E-state index in [0.29, 0.717) is 5.92 Å². The number of aliphatic hydroxyl groups is 1. The van der Waals surface area contributed by atoms with Crippen molar-refractivity contribution >= 4 is 11.0 Å². The molecule has 1 aliphatic heterocycles. The molecule has 0 aliphatic carbocycles. The van der Waals surface area contributed by atoms with Crippen LogP contribution in [0.25, 0.3) is 11.0 Å². The minimum atomic E-state index is 0.0686. The molecule has 18 heavy (non-hydrogen) atoms. The van der Waals surface area contributed by atoms with E-state index in [9.17, 15) is 5.11 Å². The zero-order valence-electron chi connectivity index (χ0n) is 10.6. The zero-order valence-corrected chi connectivity index (χ0v) is 10.6. The molecule has 3 rings (SSSR count). The van der Waals surface area contributed by atoms with Gasteiger partial charge in [0.05, 0.1) is 17.6 Å². The Labute approximate surface area is 106 Å². The molecule has 0 atom stereocenters. The van der Waals surface area contributed by atoms with Crippen molar-refractivity contribution in [3.8, 4) is 0 Å². The molecular formula is C14H18N2O2. The van der Waals surface area contributed by atoms with Crippen molar-refractivity contribution in [3.63, 3.8) is 0 Å². The van der Waals surface area contributed by atoms with E-state index in [-0.39, 0.29) is 6.61 Å². The van der Waals surface area contributed by atoms with Crippen molar-refractivity contribution in [3.05, 3.63) is 29.6 Å². The molecule has 0 unspecified atom stereocenters. The van der Waals surface area contributed by atoms with Gasteiger partial charge in [0.1, 0.15) is 5.82 Å². The first kappa shape index (κ1) is 11.7. The van der Waals surface area contributed by atoms with Gasteiger partial charge in [-0.1, -0.05) is 6.07 Å². The van der Waals surface area contributed by atoms with Gasteiger partial charge in [-0.3, -0.25) is 0 Å². The summed E-state index contributed by atoms with van der Waals surface area (Å²) in [6.45, 7) is 1.73. The molecule has 4 nitrogen and oxygen atoms in total. The van der Waals surface area contributed by atoms with Gasteiger partial charge in [0.2, 0.25) is 0 Å². The maximum Gasteiger partial charge on any atom is 0.112 e. The average Bonchev–Trinajstić information content (AvgIpc) is 2.76. The van der Waals surface area contributed by atoms with Crippen LogP contribution in [0.5, 0.6) is 0 Å². The third kappa shape index (κ3) is 1.91. The second-order valence-corrected chi connectivity index (χ2v) is 4.90. The van der Waals surface area contributed by atoms with Crippen molar-refractivity contribution < 1.29 is 9.84 Å². The number of benzene rings is 1. The van der Waals surface area contributed by atoms with Crippen LogP contribution in [0.15, 0.2) is 18.2 Å². The normalized spacial score (nSPS) is 17.4. The van der Waals surface area contributed by atoms with E-state index in [0.717, 1.165) is 48.5 Å². The highest BCUT2D eigenvalue weighted by atomic mass is 16.5. The molecule has 0 saturated carbocycles. The zero-order chi connectivity index (χ0) is 12.5. The lowest BCUT2D eigenvalue weighted by Crippen LogP contribution is -2.17. The van der Waals surface area contributed by atoms with Crippen molar-refractivity contribution in [2.24, 2.45) is 7.05 Å². The third-order valence-electron chi connectivity index (χ3n) is 3.75. The topological polar surface area (TPSA) is 47.3 Å². The van der Waals surface area contributed by atoms with Gasteiger partial charge < -0.3 is 14.4 Å². The van der Waals surface area contributed by atoms with E-state index in [1.165, 1.54) is 0 Å². The third-order valence-corrected chi connectivity index (χ3v) is 3.75. The number of aryl methyl sites for hydroxylation is 1. The number of nitrogens with zero attached hydrogens (tertiary/aromatic N) is 2. The minimum absolute atomic E-state index is 0.0686.